The van der Waals surface area contributed by atoms with Crippen molar-refractivity contribution in [1.82, 2.24) is 10.2 Å². The summed E-state index contributed by atoms with van der Waals surface area (Å²) in [6, 6.07) is 8.17. The highest BCUT2D eigenvalue weighted by molar-refractivity contribution is 14.0. The Morgan fingerprint density at radius 3 is 2.94 bits per heavy atom. The molecular formula is C13H20IN3O. The minimum atomic E-state index is 0. The number of nitrogens with zero attached hydrogens (tertiary/aromatic N) is 2. The van der Waals surface area contributed by atoms with E-state index in [2.05, 4.69) is 34.4 Å². The van der Waals surface area contributed by atoms with Crippen molar-refractivity contribution >= 4 is 29.9 Å². The summed E-state index contributed by atoms with van der Waals surface area (Å²) >= 11 is 0. The zero-order chi connectivity index (χ0) is 12.1. The summed E-state index contributed by atoms with van der Waals surface area (Å²) in [6.45, 7) is 2.82. The molecule has 0 amide bonds. The van der Waals surface area contributed by atoms with Gasteiger partial charge in [0.15, 0.2) is 5.96 Å². The van der Waals surface area contributed by atoms with Crippen LogP contribution in [0.5, 0.6) is 5.75 Å². The number of guanidine groups is 1. The topological polar surface area (TPSA) is 36.9 Å². The van der Waals surface area contributed by atoms with Crippen LogP contribution < -0.4 is 10.1 Å². The molecule has 0 atom stereocenters. The number of hydrogen-bond acceptors (Lipinski definition) is 4. The predicted molar refractivity (Wildman–Crippen MR) is 85.0 cm³/mol. The minimum absolute atomic E-state index is 0. The number of rotatable bonds is 4. The first-order chi connectivity index (χ1) is 8.29. The van der Waals surface area contributed by atoms with Crippen LogP contribution in [0, 0.1) is 0 Å². The van der Waals surface area contributed by atoms with Crippen LogP contribution in [0.1, 0.15) is 5.56 Å². The highest BCUT2D eigenvalue weighted by Gasteiger charge is 2.10. The molecule has 0 aromatic heterocycles. The third kappa shape index (κ3) is 4.04. The van der Waals surface area contributed by atoms with Gasteiger partial charge >= 0.3 is 0 Å². The molecule has 0 unspecified atom stereocenters. The lowest BCUT2D eigenvalue weighted by molar-refractivity contribution is 0.414. The van der Waals surface area contributed by atoms with Crippen LogP contribution in [0.2, 0.25) is 0 Å². The summed E-state index contributed by atoms with van der Waals surface area (Å²) in [6.07, 6.45) is 0.976. The van der Waals surface area contributed by atoms with E-state index in [9.17, 15) is 0 Å². The van der Waals surface area contributed by atoms with Gasteiger partial charge < -0.3 is 15.0 Å². The van der Waals surface area contributed by atoms with E-state index >= 15 is 0 Å². The maximum absolute atomic E-state index is 5.20. The number of ether oxygens (including phenoxy) is 1. The zero-order valence-corrected chi connectivity index (χ0v) is 13.2. The molecule has 5 heteroatoms. The molecule has 1 aromatic carbocycles. The Morgan fingerprint density at radius 2 is 2.28 bits per heavy atom. The highest BCUT2D eigenvalue weighted by atomic mass is 127. The summed E-state index contributed by atoms with van der Waals surface area (Å²) < 4.78 is 5.20. The third-order valence-corrected chi connectivity index (χ3v) is 2.89. The number of nitrogens with one attached hydrogen (secondary N) is 1. The maximum atomic E-state index is 5.20. The van der Waals surface area contributed by atoms with E-state index in [1.54, 1.807) is 7.11 Å². The Hall–Kier alpha value is -0.980. The fourth-order valence-corrected chi connectivity index (χ4v) is 1.87. The zero-order valence-electron chi connectivity index (χ0n) is 10.8. The van der Waals surface area contributed by atoms with Crippen molar-refractivity contribution in [2.24, 2.45) is 4.99 Å². The van der Waals surface area contributed by atoms with Crippen molar-refractivity contribution in [1.29, 1.82) is 0 Å². The number of likely N-dealkylation sites (N-methyl/N-ethyl adjacent to an activating group) is 1. The van der Waals surface area contributed by atoms with Gasteiger partial charge in [0, 0.05) is 20.1 Å². The number of methoxy groups -OCH3 is 1. The summed E-state index contributed by atoms with van der Waals surface area (Å²) in [7, 11) is 3.75. The van der Waals surface area contributed by atoms with Crippen molar-refractivity contribution in [3.05, 3.63) is 29.8 Å². The van der Waals surface area contributed by atoms with E-state index in [1.165, 1.54) is 5.56 Å². The van der Waals surface area contributed by atoms with Gasteiger partial charge in [-0.2, -0.15) is 0 Å². The van der Waals surface area contributed by atoms with E-state index in [1.807, 2.05) is 12.1 Å². The molecule has 1 N–H and O–H groups in total. The summed E-state index contributed by atoms with van der Waals surface area (Å²) in [5, 5.41) is 3.35. The van der Waals surface area contributed by atoms with Gasteiger partial charge in [0.1, 0.15) is 5.75 Å². The second-order valence-electron chi connectivity index (χ2n) is 4.16. The van der Waals surface area contributed by atoms with Gasteiger partial charge in [-0.15, -0.1) is 24.0 Å². The van der Waals surface area contributed by atoms with Crippen LogP contribution in [0.4, 0.5) is 0 Å². The van der Waals surface area contributed by atoms with Gasteiger partial charge in [0.25, 0.3) is 0 Å². The van der Waals surface area contributed by atoms with Crippen LogP contribution in [-0.2, 0) is 6.42 Å². The molecule has 2 rings (SSSR count). The van der Waals surface area contributed by atoms with Crippen LogP contribution in [-0.4, -0.2) is 44.7 Å². The molecule has 0 spiro atoms. The Bertz CT molecular complexity index is 409. The van der Waals surface area contributed by atoms with Gasteiger partial charge in [0.2, 0.25) is 0 Å². The number of hydrogen-bond donors (Lipinski definition) is 1. The molecule has 0 saturated heterocycles. The molecule has 4 nitrogen and oxygen atoms in total. The Balaban J connectivity index is 0.00000162. The monoisotopic (exact) mass is 361 g/mol. The van der Waals surface area contributed by atoms with E-state index < -0.39 is 0 Å². The van der Waals surface area contributed by atoms with E-state index in [0.717, 1.165) is 37.8 Å². The Kier molecular flexibility index (Phi) is 6.24. The summed E-state index contributed by atoms with van der Waals surface area (Å²) in [5.41, 5.74) is 1.28. The number of halogens is 1. The molecule has 0 radical (unpaired) electrons. The van der Waals surface area contributed by atoms with Gasteiger partial charge in [-0.3, -0.25) is 4.99 Å². The number of benzene rings is 1. The number of aliphatic imine (C=N–C) groups is 1. The first-order valence-corrected chi connectivity index (χ1v) is 5.92. The average molecular weight is 361 g/mol. The molecule has 1 aliphatic heterocycles. The quantitative estimate of drug-likeness (QED) is 0.831. The summed E-state index contributed by atoms with van der Waals surface area (Å²) in [4.78, 5) is 6.53. The van der Waals surface area contributed by atoms with Gasteiger partial charge in [-0.25, -0.2) is 0 Å². The van der Waals surface area contributed by atoms with Crippen LogP contribution in [0.3, 0.4) is 0 Å². The lowest BCUT2D eigenvalue weighted by atomic mass is 10.1. The fourth-order valence-electron chi connectivity index (χ4n) is 1.87. The van der Waals surface area contributed by atoms with E-state index in [0.29, 0.717) is 0 Å². The standard InChI is InChI=1S/C13H19N3O.HI/c1-16-9-8-15-13(16)14-7-6-11-4-3-5-12(10-11)17-2;/h3-5,10H,6-9H2,1-2H3,(H,14,15);1H. The van der Waals surface area contributed by atoms with Crippen molar-refractivity contribution in [3.8, 4) is 5.75 Å². The van der Waals surface area contributed by atoms with Crippen LogP contribution >= 0.6 is 24.0 Å². The SMILES string of the molecule is COc1cccc(CCNC2=NCCN2C)c1.I. The first-order valence-electron chi connectivity index (χ1n) is 5.92. The maximum Gasteiger partial charge on any atom is 0.193 e. The molecular weight excluding hydrogens is 341 g/mol. The molecule has 1 heterocycles. The lowest BCUT2D eigenvalue weighted by Crippen LogP contribution is -2.36. The molecule has 1 aromatic rings. The minimum Gasteiger partial charge on any atom is -0.497 e. The van der Waals surface area contributed by atoms with Gasteiger partial charge in [-0.1, -0.05) is 12.1 Å². The lowest BCUT2D eigenvalue weighted by Gasteiger charge is -2.15. The normalized spacial score (nSPS) is 13.9. The Labute approximate surface area is 125 Å². The molecule has 0 aliphatic carbocycles. The van der Waals surface area contributed by atoms with Crippen molar-refractivity contribution < 1.29 is 4.74 Å². The highest BCUT2D eigenvalue weighted by Crippen LogP contribution is 2.12. The fraction of sp³-hybridized carbons (Fsp3) is 0.462. The molecule has 0 bridgehead atoms. The van der Waals surface area contributed by atoms with Crippen LogP contribution in [0.25, 0.3) is 0 Å². The molecule has 100 valence electrons. The third-order valence-electron chi connectivity index (χ3n) is 2.89. The average Bonchev–Trinajstić information content (AvgIpc) is 2.76. The molecule has 0 saturated carbocycles. The smallest absolute Gasteiger partial charge is 0.193 e. The van der Waals surface area contributed by atoms with Gasteiger partial charge in [-0.05, 0) is 24.1 Å². The van der Waals surface area contributed by atoms with Crippen molar-refractivity contribution in [2.75, 3.05) is 33.8 Å². The predicted octanol–water partition coefficient (Wildman–Crippen LogP) is 1.75. The van der Waals surface area contributed by atoms with Crippen LogP contribution in [0.15, 0.2) is 29.3 Å². The van der Waals surface area contributed by atoms with E-state index in [4.69, 9.17) is 4.74 Å². The molecule has 0 fully saturated rings. The van der Waals surface area contributed by atoms with Gasteiger partial charge in [0.05, 0.1) is 13.7 Å². The Morgan fingerprint density at radius 1 is 1.44 bits per heavy atom. The largest absolute Gasteiger partial charge is 0.497 e. The van der Waals surface area contributed by atoms with Crippen molar-refractivity contribution in [3.63, 3.8) is 0 Å². The summed E-state index contributed by atoms with van der Waals surface area (Å²) in [5.74, 6) is 1.92. The second-order valence-corrected chi connectivity index (χ2v) is 4.16. The first kappa shape index (κ1) is 15.1. The molecule has 18 heavy (non-hydrogen) atoms. The van der Waals surface area contributed by atoms with Crippen molar-refractivity contribution in [2.45, 2.75) is 6.42 Å². The second kappa shape index (κ2) is 7.45. The molecule has 1 aliphatic rings. The van der Waals surface area contributed by atoms with E-state index in [-0.39, 0.29) is 24.0 Å².